The van der Waals surface area contributed by atoms with Crippen molar-refractivity contribution in [2.75, 3.05) is 6.61 Å². The highest BCUT2D eigenvalue weighted by atomic mass is 79.9. The molecule has 0 saturated carbocycles. The lowest BCUT2D eigenvalue weighted by Gasteiger charge is -2.32. The van der Waals surface area contributed by atoms with Crippen molar-refractivity contribution in [3.8, 4) is 0 Å². The number of halogens is 1. The van der Waals surface area contributed by atoms with Crippen LogP contribution in [-0.2, 0) is 14.5 Å². The fourth-order valence-electron chi connectivity index (χ4n) is 1.47. The summed E-state index contributed by atoms with van der Waals surface area (Å²) < 4.78 is 5.49. The van der Waals surface area contributed by atoms with Crippen LogP contribution in [0.4, 0.5) is 0 Å². The highest BCUT2D eigenvalue weighted by Crippen LogP contribution is 2.31. The van der Waals surface area contributed by atoms with E-state index in [2.05, 4.69) is 15.9 Å². The molecule has 0 aromatic carbocycles. The van der Waals surface area contributed by atoms with Gasteiger partial charge in [0, 0.05) is 13.0 Å². The zero-order valence-corrected chi connectivity index (χ0v) is 7.91. The van der Waals surface area contributed by atoms with Crippen LogP contribution in [-0.4, -0.2) is 29.7 Å². The summed E-state index contributed by atoms with van der Waals surface area (Å²) in [5, 5.41) is 0. The molecule has 0 radical (unpaired) electrons. The Balaban J connectivity index is 2.06. The fraction of sp³-hybridized carbons (Fsp3) is 1.00. The summed E-state index contributed by atoms with van der Waals surface area (Å²) in [6.07, 6.45) is 1.34. The minimum atomic E-state index is 0.0781. The van der Waals surface area contributed by atoms with Gasteiger partial charge in [0.1, 0.15) is 18.3 Å². The van der Waals surface area contributed by atoms with Gasteiger partial charge in [0.25, 0.3) is 0 Å². The largest absolute Gasteiger partial charge is 0.374 e. The predicted octanol–water partition coefficient (Wildman–Crippen LogP) is 1.26. The highest BCUT2D eigenvalue weighted by Gasteiger charge is 2.42. The predicted molar refractivity (Wildman–Crippen MR) is 42.5 cm³/mol. The summed E-state index contributed by atoms with van der Waals surface area (Å²) in [5.74, 6) is 0. The number of ether oxygens (including phenoxy) is 1. The second kappa shape index (κ2) is 3.01. The molecule has 2 aliphatic rings. The topological polar surface area (TPSA) is 27.7 Å². The van der Waals surface area contributed by atoms with Gasteiger partial charge >= 0.3 is 0 Å². The van der Waals surface area contributed by atoms with E-state index in [9.17, 15) is 0 Å². The van der Waals surface area contributed by atoms with E-state index in [0.29, 0.717) is 0 Å². The van der Waals surface area contributed by atoms with Crippen LogP contribution < -0.4 is 0 Å². The average molecular weight is 223 g/mol. The van der Waals surface area contributed by atoms with Crippen LogP contribution in [0.5, 0.6) is 0 Å². The van der Waals surface area contributed by atoms with E-state index in [0.717, 1.165) is 13.0 Å². The average Bonchev–Trinajstić information content (AvgIpc) is 2.45. The Morgan fingerprint density at radius 1 is 1.36 bits per heavy atom. The Morgan fingerprint density at radius 2 is 2.18 bits per heavy atom. The quantitative estimate of drug-likeness (QED) is 0.457. The lowest BCUT2D eigenvalue weighted by atomic mass is 10.1. The first-order chi connectivity index (χ1) is 5.29. The normalized spacial score (nSPS) is 50.7. The number of alkyl halides is 1. The van der Waals surface area contributed by atoms with Gasteiger partial charge < -0.3 is 4.74 Å². The van der Waals surface area contributed by atoms with Crippen molar-refractivity contribution >= 4 is 15.9 Å². The Kier molecular flexibility index (Phi) is 2.19. The van der Waals surface area contributed by atoms with Crippen LogP contribution in [0.3, 0.4) is 0 Å². The molecule has 2 aliphatic heterocycles. The molecular formula is C7H11BrO3. The maximum atomic E-state index is 5.49. The number of hydrogen-bond donors (Lipinski definition) is 0. The van der Waals surface area contributed by atoms with Crippen LogP contribution in [0.2, 0.25) is 0 Å². The van der Waals surface area contributed by atoms with E-state index < -0.39 is 0 Å². The molecular weight excluding hydrogens is 212 g/mol. The Morgan fingerprint density at radius 3 is 3.00 bits per heavy atom. The first-order valence-corrected chi connectivity index (χ1v) is 4.78. The van der Waals surface area contributed by atoms with Crippen molar-refractivity contribution in [3.63, 3.8) is 0 Å². The molecule has 4 atom stereocenters. The summed E-state index contributed by atoms with van der Waals surface area (Å²) in [6, 6.07) is 0. The van der Waals surface area contributed by atoms with Crippen molar-refractivity contribution in [3.05, 3.63) is 0 Å². The molecule has 4 heteroatoms. The molecule has 1 unspecified atom stereocenters. The third kappa shape index (κ3) is 1.33. The van der Waals surface area contributed by atoms with Gasteiger partial charge in [-0.25, -0.2) is 9.78 Å². The van der Waals surface area contributed by atoms with Crippen molar-refractivity contribution in [1.29, 1.82) is 0 Å². The molecule has 64 valence electrons. The van der Waals surface area contributed by atoms with E-state index >= 15 is 0 Å². The lowest BCUT2D eigenvalue weighted by Crippen LogP contribution is -2.45. The zero-order valence-electron chi connectivity index (χ0n) is 6.33. The van der Waals surface area contributed by atoms with E-state index in [4.69, 9.17) is 14.5 Å². The van der Waals surface area contributed by atoms with Crippen molar-refractivity contribution < 1.29 is 14.5 Å². The molecule has 2 saturated heterocycles. The summed E-state index contributed by atoms with van der Waals surface area (Å²) >= 11 is 3.53. The van der Waals surface area contributed by atoms with Crippen LogP contribution in [0.1, 0.15) is 13.3 Å². The minimum absolute atomic E-state index is 0.0781. The van der Waals surface area contributed by atoms with Gasteiger partial charge in [0.05, 0.1) is 4.83 Å². The Bertz CT molecular complexity index is 153. The molecule has 3 nitrogen and oxygen atoms in total. The smallest absolute Gasteiger partial charge is 0.122 e. The third-order valence-corrected chi connectivity index (χ3v) is 3.44. The zero-order chi connectivity index (χ0) is 7.84. The molecule has 0 N–H and O–H groups in total. The Labute approximate surface area is 74.1 Å². The summed E-state index contributed by atoms with van der Waals surface area (Å²) in [7, 11) is 0. The maximum Gasteiger partial charge on any atom is 0.122 e. The molecule has 11 heavy (non-hydrogen) atoms. The second-order valence-corrected chi connectivity index (χ2v) is 4.06. The third-order valence-electron chi connectivity index (χ3n) is 2.17. The van der Waals surface area contributed by atoms with Gasteiger partial charge in [0.15, 0.2) is 0 Å². The molecule has 0 aromatic heterocycles. The molecule has 0 amide bonds. The maximum absolute atomic E-state index is 5.49. The SMILES string of the molecule is C[C@H]1OO[C@H]2CCO[C@H]2C1Br. The van der Waals surface area contributed by atoms with Crippen LogP contribution >= 0.6 is 15.9 Å². The standard InChI is InChI=1S/C7H11BrO3/c1-4-6(8)7-5(11-10-4)2-3-9-7/h4-7H,2-3H2,1H3/t4-,5+,6?,7-/m1/s1. The first kappa shape index (κ1) is 7.98. The van der Waals surface area contributed by atoms with Gasteiger partial charge in [-0.05, 0) is 6.92 Å². The van der Waals surface area contributed by atoms with Crippen LogP contribution in [0, 0.1) is 0 Å². The van der Waals surface area contributed by atoms with Gasteiger partial charge in [0.2, 0.25) is 0 Å². The summed E-state index contributed by atoms with van der Waals surface area (Å²) in [5.41, 5.74) is 0. The monoisotopic (exact) mass is 222 g/mol. The van der Waals surface area contributed by atoms with Crippen molar-refractivity contribution in [2.45, 2.75) is 36.5 Å². The van der Waals surface area contributed by atoms with Gasteiger partial charge in [-0.2, -0.15) is 0 Å². The van der Waals surface area contributed by atoms with Crippen molar-refractivity contribution in [1.82, 2.24) is 0 Å². The summed E-state index contributed by atoms with van der Waals surface area (Å²) in [6.45, 7) is 2.75. The van der Waals surface area contributed by atoms with Gasteiger partial charge in [-0.3, -0.25) is 0 Å². The van der Waals surface area contributed by atoms with E-state index in [-0.39, 0.29) is 23.1 Å². The highest BCUT2D eigenvalue weighted by molar-refractivity contribution is 9.09. The molecule has 2 rings (SSSR count). The lowest BCUT2D eigenvalue weighted by molar-refractivity contribution is -0.376. The summed E-state index contributed by atoms with van der Waals surface area (Å²) in [4.78, 5) is 10.5. The molecule has 0 spiro atoms. The number of rotatable bonds is 0. The minimum Gasteiger partial charge on any atom is -0.374 e. The number of hydrogen-bond acceptors (Lipinski definition) is 3. The molecule has 0 bridgehead atoms. The van der Waals surface area contributed by atoms with Gasteiger partial charge in [-0.1, -0.05) is 15.9 Å². The fourth-order valence-corrected chi connectivity index (χ4v) is 2.05. The molecule has 2 heterocycles. The van der Waals surface area contributed by atoms with E-state index in [1.54, 1.807) is 0 Å². The first-order valence-electron chi connectivity index (χ1n) is 3.87. The van der Waals surface area contributed by atoms with E-state index in [1.165, 1.54) is 0 Å². The molecule has 0 aromatic rings. The van der Waals surface area contributed by atoms with Crippen molar-refractivity contribution in [2.24, 2.45) is 0 Å². The second-order valence-electron chi connectivity index (χ2n) is 3.00. The Hall–Kier alpha value is 0.360. The van der Waals surface area contributed by atoms with E-state index in [1.807, 2.05) is 6.92 Å². The number of fused-ring (bicyclic) bond motifs is 1. The van der Waals surface area contributed by atoms with Gasteiger partial charge in [-0.15, -0.1) is 0 Å². The van der Waals surface area contributed by atoms with Crippen LogP contribution in [0.25, 0.3) is 0 Å². The molecule has 2 fully saturated rings. The van der Waals surface area contributed by atoms with Crippen LogP contribution in [0.15, 0.2) is 0 Å². The molecule has 0 aliphatic carbocycles.